The average molecular weight is 176 g/mol. The Balaban J connectivity index is 3.22. The summed E-state index contributed by atoms with van der Waals surface area (Å²) < 4.78 is 5.47. The van der Waals surface area contributed by atoms with Gasteiger partial charge in [-0.1, -0.05) is 23.8 Å². The molecule has 0 aliphatic heterocycles. The summed E-state index contributed by atoms with van der Waals surface area (Å²) in [5.74, 6) is 0.600. The third kappa shape index (κ3) is 1.49. The second-order valence-corrected chi connectivity index (χ2v) is 2.56. The fourth-order valence-electron chi connectivity index (χ4n) is 0.590. The quantitative estimate of drug-likeness (QED) is 0.664. The summed E-state index contributed by atoms with van der Waals surface area (Å²) in [7, 11) is 1.55. The van der Waals surface area contributed by atoms with Gasteiger partial charge < -0.3 is 9.72 Å². The van der Waals surface area contributed by atoms with Crippen LogP contribution in [0.5, 0.6) is 5.75 Å². The van der Waals surface area contributed by atoms with Gasteiger partial charge in [-0.3, -0.25) is 0 Å². The maximum absolute atomic E-state index is 5.64. The highest BCUT2D eigenvalue weighted by atomic mass is 35.5. The van der Waals surface area contributed by atoms with Crippen molar-refractivity contribution in [3.63, 3.8) is 0 Å². The van der Waals surface area contributed by atoms with Crippen molar-refractivity contribution in [2.75, 3.05) is 7.11 Å². The number of ether oxygens (including phenoxy) is 1. The molecule has 1 rings (SSSR count). The zero-order chi connectivity index (χ0) is 7.56. The number of hydrogen-bond donors (Lipinski definition) is 1. The molecule has 0 aliphatic carbocycles. The first kappa shape index (κ1) is 7.57. The molecular weight excluding hydrogens is 170 g/mol. The Hall–Kier alpha value is -0.540. The molecule has 0 spiro atoms. The molecule has 1 heterocycles. The molecule has 10 heavy (non-hydrogen) atoms. The van der Waals surface area contributed by atoms with E-state index in [4.69, 9.17) is 28.6 Å². The molecule has 0 atom stereocenters. The lowest BCUT2D eigenvalue weighted by Gasteiger charge is -1.98. The number of nitrogens with one attached hydrogen (secondary N) is 1. The molecule has 0 bridgehead atoms. The molecule has 1 N–H and O–H groups in total. The number of halogens is 1. The molecule has 1 aromatic heterocycles. The Morgan fingerprint density at radius 2 is 2.40 bits per heavy atom. The van der Waals surface area contributed by atoms with E-state index in [0.717, 1.165) is 0 Å². The largest absolute Gasteiger partial charge is 0.494 e. The number of aromatic nitrogens is 1. The maximum atomic E-state index is 5.64. The van der Waals surface area contributed by atoms with Gasteiger partial charge in [-0.25, -0.2) is 0 Å². The fourth-order valence-corrected chi connectivity index (χ4v) is 0.945. The van der Waals surface area contributed by atoms with Crippen LogP contribution in [-0.4, -0.2) is 12.1 Å². The van der Waals surface area contributed by atoms with Crippen LogP contribution < -0.4 is 4.74 Å². The van der Waals surface area contributed by atoms with Crippen LogP contribution in [0.4, 0.5) is 0 Å². The summed E-state index contributed by atoms with van der Waals surface area (Å²) in [5.41, 5.74) is 0. The number of aromatic amines is 1. The second kappa shape index (κ2) is 3.03. The van der Waals surface area contributed by atoms with Gasteiger partial charge in [0.15, 0.2) is 5.75 Å². The number of hydrogen-bond acceptors (Lipinski definition) is 2. The summed E-state index contributed by atoms with van der Waals surface area (Å²) in [6.07, 6.45) is 1.62. The number of rotatable bonds is 1. The molecule has 0 saturated carbocycles. The van der Waals surface area contributed by atoms with Crippen LogP contribution in [-0.2, 0) is 0 Å². The molecular formula is C6H6ClNOS. The van der Waals surface area contributed by atoms with Crippen molar-refractivity contribution in [2.24, 2.45) is 0 Å². The van der Waals surface area contributed by atoms with Crippen molar-refractivity contribution in [2.45, 2.75) is 0 Å². The Labute approximate surface area is 68.8 Å². The molecule has 0 aromatic carbocycles. The van der Waals surface area contributed by atoms with Gasteiger partial charge in [0.1, 0.15) is 4.64 Å². The molecule has 0 amide bonds. The molecule has 0 fully saturated rings. The monoisotopic (exact) mass is 175 g/mol. The van der Waals surface area contributed by atoms with E-state index in [1.807, 2.05) is 0 Å². The second-order valence-electron chi connectivity index (χ2n) is 1.72. The zero-order valence-electron chi connectivity index (χ0n) is 5.35. The van der Waals surface area contributed by atoms with Gasteiger partial charge in [-0.2, -0.15) is 0 Å². The SMILES string of the molecule is COc1cc(Cl)c[nH]c1=S. The zero-order valence-corrected chi connectivity index (χ0v) is 6.92. The summed E-state index contributed by atoms with van der Waals surface area (Å²) >= 11 is 10.5. The molecule has 1 aromatic rings. The van der Waals surface area contributed by atoms with Gasteiger partial charge in [-0.15, -0.1) is 0 Å². The minimum atomic E-state index is 0.562. The molecule has 0 aliphatic rings. The first-order valence-corrected chi connectivity index (χ1v) is 3.45. The highest BCUT2D eigenvalue weighted by molar-refractivity contribution is 7.71. The fraction of sp³-hybridized carbons (Fsp3) is 0.167. The van der Waals surface area contributed by atoms with E-state index in [1.54, 1.807) is 19.4 Å². The van der Waals surface area contributed by atoms with Gasteiger partial charge in [0.2, 0.25) is 0 Å². The lowest BCUT2D eigenvalue weighted by molar-refractivity contribution is 0.411. The highest BCUT2D eigenvalue weighted by Gasteiger charge is 1.94. The molecule has 0 unspecified atom stereocenters. The summed E-state index contributed by atoms with van der Waals surface area (Å²) in [6, 6.07) is 1.67. The van der Waals surface area contributed by atoms with E-state index >= 15 is 0 Å². The van der Waals surface area contributed by atoms with Crippen LogP contribution in [0.15, 0.2) is 12.3 Å². The smallest absolute Gasteiger partial charge is 0.155 e. The van der Waals surface area contributed by atoms with Crippen LogP contribution in [0.25, 0.3) is 0 Å². The third-order valence-corrected chi connectivity index (χ3v) is 1.59. The molecule has 2 nitrogen and oxygen atoms in total. The number of H-pyrrole nitrogens is 1. The van der Waals surface area contributed by atoms with Gasteiger partial charge in [0.05, 0.1) is 12.1 Å². The summed E-state index contributed by atoms with van der Waals surface area (Å²) in [5, 5.41) is 0.588. The van der Waals surface area contributed by atoms with Crippen molar-refractivity contribution in [1.82, 2.24) is 4.98 Å². The Morgan fingerprint density at radius 1 is 1.70 bits per heavy atom. The molecule has 54 valence electrons. The van der Waals surface area contributed by atoms with E-state index < -0.39 is 0 Å². The molecule has 0 saturated heterocycles. The van der Waals surface area contributed by atoms with Crippen molar-refractivity contribution >= 4 is 23.8 Å². The maximum Gasteiger partial charge on any atom is 0.155 e. The van der Waals surface area contributed by atoms with Gasteiger partial charge in [0, 0.05) is 12.3 Å². The van der Waals surface area contributed by atoms with Crippen molar-refractivity contribution < 1.29 is 4.74 Å². The van der Waals surface area contributed by atoms with Crippen LogP contribution in [0.1, 0.15) is 0 Å². The molecule has 4 heteroatoms. The lowest BCUT2D eigenvalue weighted by atomic mass is 10.5. The standard InChI is InChI=1S/C6H6ClNOS/c1-9-5-2-4(7)3-8-6(5)10/h2-3H,1H3,(H,8,10). The third-order valence-electron chi connectivity index (χ3n) is 1.05. The lowest BCUT2D eigenvalue weighted by Crippen LogP contribution is -1.85. The van der Waals surface area contributed by atoms with Crippen LogP contribution >= 0.6 is 23.8 Å². The van der Waals surface area contributed by atoms with Crippen molar-refractivity contribution in [3.05, 3.63) is 21.9 Å². The van der Waals surface area contributed by atoms with E-state index in [2.05, 4.69) is 4.98 Å². The van der Waals surface area contributed by atoms with E-state index in [9.17, 15) is 0 Å². The van der Waals surface area contributed by atoms with Gasteiger partial charge >= 0.3 is 0 Å². The first-order valence-electron chi connectivity index (χ1n) is 2.66. The topological polar surface area (TPSA) is 25.0 Å². The minimum absolute atomic E-state index is 0.562. The predicted octanol–water partition coefficient (Wildman–Crippen LogP) is 2.41. The number of methoxy groups -OCH3 is 1. The molecule has 0 radical (unpaired) electrons. The highest BCUT2D eigenvalue weighted by Crippen LogP contribution is 2.16. The summed E-state index contributed by atoms with van der Waals surface area (Å²) in [6.45, 7) is 0. The van der Waals surface area contributed by atoms with Crippen LogP contribution in [0.3, 0.4) is 0 Å². The van der Waals surface area contributed by atoms with E-state index in [0.29, 0.717) is 15.4 Å². The van der Waals surface area contributed by atoms with Crippen molar-refractivity contribution in [3.8, 4) is 5.75 Å². The van der Waals surface area contributed by atoms with E-state index in [1.165, 1.54) is 0 Å². The van der Waals surface area contributed by atoms with Gasteiger partial charge in [0.25, 0.3) is 0 Å². The van der Waals surface area contributed by atoms with Crippen LogP contribution in [0.2, 0.25) is 5.02 Å². The Morgan fingerprint density at radius 3 is 2.90 bits per heavy atom. The Kier molecular flexibility index (Phi) is 2.29. The predicted molar refractivity (Wildman–Crippen MR) is 43.2 cm³/mol. The average Bonchev–Trinajstić information content (AvgIpc) is 1.94. The first-order chi connectivity index (χ1) is 4.74. The van der Waals surface area contributed by atoms with Crippen LogP contribution in [0, 0.1) is 4.64 Å². The summed E-state index contributed by atoms with van der Waals surface area (Å²) in [4.78, 5) is 2.78. The normalized spacial score (nSPS) is 9.40. The van der Waals surface area contributed by atoms with Crippen molar-refractivity contribution in [1.29, 1.82) is 0 Å². The number of pyridine rings is 1. The minimum Gasteiger partial charge on any atom is -0.494 e. The van der Waals surface area contributed by atoms with E-state index in [-0.39, 0.29) is 0 Å². The van der Waals surface area contributed by atoms with Gasteiger partial charge in [-0.05, 0) is 0 Å². The Bertz CT molecular complexity index is 283.